The van der Waals surface area contributed by atoms with Crippen LogP contribution < -0.4 is 11.1 Å². The van der Waals surface area contributed by atoms with Crippen molar-refractivity contribution in [3.8, 4) is 0 Å². The van der Waals surface area contributed by atoms with Crippen LogP contribution in [0.3, 0.4) is 0 Å². The van der Waals surface area contributed by atoms with Gasteiger partial charge in [0.15, 0.2) is 0 Å². The number of halogens is 2. The van der Waals surface area contributed by atoms with Crippen LogP contribution >= 0.6 is 11.6 Å². The fourth-order valence-corrected chi connectivity index (χ4v) is 1.74. The molecule has 0 radical (unpaired) electrons. The topological polar surface area (TPSA) is 55.1 Å². The highest BCUT2D eigenvalue weighted by Gasteiger charge is 2.10. The molecule has 0 unspecified atom stereocenters. The highest BCUT2D eigenvalue weighted by molar-refractivity contribution is 6.33. The van der Waals surface area contributed by atoms with Crippen molar-refractivity contribution in [1.82, 2.24) is 0 Å². The average molecular weight is 279 g/mol. The maximum atomic E-state index is 13.4. The molecule has 0 bridgehead atoms. The lowest BCUT2D eigenvalue weighted by Crippen LogP contribution is -2.13. The standard InChI is InChI=1S/C14H12ClFN2O/c1-8-11(16)3-2-4-13(8)18-14(19)9-5-6-10(15)12(17)7-9/h2-7H,17H2,1H3,(H,18,19). The van der Waals surface area contributed by atoms with Crippen LogP contribution in [-0.4, -0.2) is 5.91 Å². The lowest BCUT2D eigenvalue weighted by atomic mass is 10.1. The number of carbonyl (C=O) groups excluding carboxylic acids is 1. The van der Waals surface area contributed by atoms with Gasteiger partial charge in [0.05, 0.1) is 10.7 Å². The summed E-state index contributed by atoms with van der Waals surface area (Å²) in [4.78, 5) is 12.0. The Labute approximate surface area is 115 Å². The van der Waals surface area contributed by atoms with Gasteiger partial charge in [0.1, 0.15) is 5.82 Å². The molecule has 0 spiro atoms. The molecule has 0 aromatic heterocycles. The molecule has 1 amide bonds. The van der Waals surface area contributed by atoms with Gasteiger partial charge in [-0.15, -0.1) is 0 Å². The minimum absolute atomic E-state index is 0.324. The van der Waals surface area contributed by atoms with E-state index in [-0.39, 0.29) is 11.7 Å². The summed E-state index contributed by atoms with van der Waals surface area (Å²) in [7, 11) is 0. The summed E-state index contributed by atoms with van der Waals surface area (Å²) in [6, 6.07) is 9.09. The van der Waals surface area contributed by atoms with Crippen LogP contribution in [-0.2, 0) is 0 Å². The molecule has 0 aliphatic rings. The molecule has 3 N–H and O–H groups in total. The lowest BCUT2D eigenvalue weighted by molar-refractivity contribution is 0.102. The number of hydrogen-bond donors (Lipinski definition) is 2. The summed E-state index contributed by atoms with van der Waals surface area (Å²) < 4.78 is 13.4. The molecule has 5 heteroatoms. The third kappa shape index (κ3) is 2.85. The SMILES string of the molecule is Cc1c(F)cccc1NC(=O)c1ccc(Cl)c(N)c1. The van der Waals surface area contributed by atoms with E-state index in [0.29, 0.717) is 27.5 Å². The number of amides is 1. The van der Waals surface area contributed by atoms with E-state index in [1.165, 1.54) is 18.2 Å². The fourth-order valence-electron chi connectivity index (χ4n) is 1.62. The molecule has 0 saturated heterocycles. The highest BCUT2D eigenvalue weighted by Crippen LogP contribution is 2.22. The molecule has 0 heterocycles. The van der Waals surface area contributed by atoms with Crippen LogP contribution in [0.1, 0.15) is 15.9 Å². The molecule has 2 rings (SSSR count). The molecule has 98 valence electrons. The van der Waals surface area contributed by atoms with Gasteiger partial charge < -0.3 is 11.1 Å². The Balaban J connectivity index is 2.26. The molecule has 3 nitrogen and oxygen atoms in total. The Kier molecular flexibility index (Phi) is 3.71. The first-order valence-corrected chi connectivity index (χ1v) is 5.98. The molecule has 19 heavy (non-hydrogen) atoms. The van der Waals surface area contributed by atoms with Crippen molar-refractivity contribution in [3.63, 3.8) is 0 Å². The third-order valence-corrected chi connectivity index (χ3v) is 3.12. The summed E-state index contributed by atoms with van der Waals surface area (Å²) >= 11 is 5.79. The predicted molar refractivity (Wildman–Crippen MR) is 75.0 cm³/mol. The van der Waals surface area contributed by atoms with E-state index in [2.05, 4.69) is 5.32 Å². The second-order valence-corrected chi connectivity index (χ2v) is 4.51. The van der Waals surface area contributed by atoms with Crippen molar-refractivity contribution in [2.24, 2.45) is 0 Å². The van der Waals surface area contributed by atoms with Crippen LogP contribution in [0.15, 0.2) is 36.4 Å². The minimum Gasteiger partial charge on any atom is -0.398 e. The first-order valence-electron chi connectivity index (χ1n) is 5.60. The van der Waals surface area contributed by atoms with Crippen molar-refractivity contribution in [1.29, 1.82) is 0 Å². The van der Waals surface area contributed by atoms with Crippen LogP contribution in [0.4, 0.5) is 15.8 Å². The quantitative estimate of drug-likeness (QED) is 0.824. The number of anilines is 2. The lowest BCUT2D eigenvalue weighted by Gasteiger charge is -2.09. The minimum atomic E-state index is -0.367. The summed E-state index contributed by atoms with van der Waals surface area (Å²) in [5.41, 5.74) is 7.14. The molecular weight excluding hydrogens is 267 g/mol. The molecule has 0 atom stereocenters. The zero-order valence-corrected chi connectivity index (χ0v) is 11.0. The number of nitrogens with two attached hydrogens (primary N) is 1. The number of carbonyl (C=O) groups is 1. The van der Waals surface area contributed by atoms with E-state index < -0.39 is 0 Å². The van der Waals surface area contributed by atoms with Gasteiger partial charge in [-0.2, -0.15) is 0 Å². The van der Waals surface area contributed by atoms with E-state index in [9.17, 15) is 9.18 Å². The molecule has 0 aliphatic heterocycles. The molecular formula is C14H12ClFN2O. The second-order valence-electron chi connectivity index (χ2n) is 4.10. The molecule has 0 fully saturated rings. The van der Waals surface area contributed by atoms with Gasteiger partial charge in [0, 0.05) is 16.8 Å². The summed E-state index contributed by atoms with van der Waals surface area (Å²) in [5.74, 6) is -0.731. The molecule has 2 aromatic rings. The summed E-state index contributed by atoms with van der Waals surface area (Å²) in [5, 5.41) is 3.02. The van der Waals surface area contributed by atoms with Gasteiger partial charge in [0.2, 0.25) is 0 Å². The Bertz CT molecular complexity index is 643. The number of rotatable bonds is 2. The Hall–Kier alpha value is -2.07. The number of benzene rings is 2. The van der Waals surface area contributed by atoms with Gasteiger partial charge in [-0.3, -0.25) is 4.79 Å². The number of hydrogen-bond acceptors (Lipinski definition) is 2. The van der Waals surface area contributed by atoms with E-state index in [1.54, 1.807) is 25.1 Å². The Morgan fingerprint density at radius 1 is 1.32 bits per heavy atom. The maximum Gasteiger partial charge on any atom is 0.255 e. The van der Waals surface area contributed by atoms with E-state index in [0.717, 1.165) is 0 Å². The normalized spacial score (nSPS) is 10.3. The molecule has 0 aliphatic carbocycles. The molecule has 2 aromatic carbocycles. The Morgan fingerprint density at radius 2 is 2.05 bits per heavy atom. The van der Waals surface area contributed by atoms with E-state index >= 15 is 0 Å². The van der Waals surface area contributed by atoms with Crippen LogP contribution in [0.5, 0.6) is 0 Å². The third-order valence-electron chi connectivity index (χ3n) is 2.77. The van der Waals surface area contributed by atoms with Gasteiger partial charge in [-0.05, 0) is 37.3 Å². The predicted octanol–water partition coefficient (Wildman–Crippen LogP) is 3.62. The average Bonchev–Trinajstić information content (AvgIpc) is 2.38. The summed E-state index contributed by atoms with van der Waals surface area (Å²) in [6.45, 7) is 1.60. The first kappa shape index (κ1) is 13.4. The maximum absolute atomic E-state index is 13.4. The van der Waals surface area contributed by atoms with Crippen LogP contribution in [0, 0.1) is 12.7 Å². The Morgan fingerprint density at radius 3 is 2.74 bits per heavy atom. The monoisotopic (exact) mass is 278 g/mol. The van der Waals surface area contributed by atoms with Gasteiger partial charge in [-0.25, -0.2) is 4.39 Å². The van der Waals surface area contributed by atoms with Crippen molar-refractivity contribution >= 4 is 28.9 Å². The van der Waals surface area contributed by atoms with Crippen molar-refractivity contribution in [3.05, 3.63) is 58.4 Å². The van der Waals surface area contributed by atoms with Crippen LogP contribution in [0.2, 0.25) is 5.02 Å². The fraction of sp³-hybridized carbons (Fsp3) is 0.0714. The second kappa shape index (κ2) is 5.28. The van der Waals surface area contributed by atoms with Gasteiger partial charge in [-0.1, -0.05) is 17.7 Å². The largest absolute Gasteiger partial charge is 0.398 e. The molecule has 0 saturated carbocycles. The highest BCUT2D eigenvalue weighted by atomic mass is 35.5. The first-order chi connectivity index (χ1) is 8.99. The number of nitrogens with one attached hydrogen (secondary N) is 1. The van der Waals surface area contributed by atoms with Crippen LogP contribution in [0.25, 0.3) is 0 Å². The zero-order valence-electron chi connectivity index (χ0n) is 10.2. The van der Waals surface area contributed by atoms with Crippen molar-refractivity contribution in [2.75, 3.05) is 11.1 Å². The van der Waals surface area contributed by atoms with Crippen molar-refractivity contribution in [2.45, 2.75) is 6.92 Å². The van der Waals surface area contributed by atoms with Gasteiger partial charge in [0.25, 0.3) is 5.91 Å². The summed E-state index contributed by atoms with van der Waals surface area (Å²) in [6.07, 6.45) is 0. The smallest absolute Gasteiger partial charge is 0.255 e. The van der Waals surface area contributed by atoms with Gasteiger partial charge >= 0.3 is 0 Å². The zero-order chi connectivity index (χ0) is 14.0. The number of nitrogen functional groups attached to an aromatic ring is 1. The van der Waals surface area contributed by atoms with E-state index in [4.69, 9.17) is 17.3 Å². The van der Waals surface area contributed by atoms with E-state index in [1.807, 2.05) is 0 Å². The van der Waals surface area contributed by atoms with Crippen molar-refractivity contribution < 1.29 is 9.18 Å².